The highest BCUT2D eigenvalue weighted by molar-refractivity contribution is 5.85. The van der Waals surface area contributed by atoms with Gasteiger partial charge in [-0.15, -0.1) is 0 Å². The Hall–Kier alpha value is -2.37. The average Bonchev–Trinajstić information content (AvgIpc) is 3.30. The van der Waals surface area contributed by atoms with E-state index in [-0.39, 0.29) is 18.5 Å². The molecule has 6 heteroatoms. The summed E-state index contributed by atoms with van der Waals surface area (Å²) in [6.45, 7) is 3.71. The number of aryl methyl sites for hydroxylation is 1. The zero-order valence-electron chi connectivity index (χ0n) is 13.4. The summed E-state index contributed by atoms with van der Waals surface area (Å²) < 4.78 is 1.90. The van der Waals surface area contributed by atoms with E-state index >= 15 is 0 Å². The molecule has 1 atom stereocenters. The Balaban J connectivity index is 1.91. The third kappa shape index (κ3) is 2.93. The lowest BCUT2D eigenvalue weighted by Crippen LogP contribution is -2.46. The summed E-state index contributed by atoms with van der Waals surface area (Å²) in [6.07, 6.45) is 2.49. The molecule has 0 radical (unpaired) electrons. The predicted molar refractivity (Wildman–Crippen MR) is 86.1 cm³/mol. The zero-order valence-corrected chi connectivity index (χ0v) is 13.4. The fourth-order valence-corrected chi connectivity index (χ4v) is 3.00. The van der Waals surface area contributed by atoms with Crippen molar-refractivity contribution in [2.24, 2.45) is 0 Å². The standard InChI is InChI=1S/C17H21N3O3/c1-3-15-18-13-6-4-5-7-14(13)19(15)10-16(21)20(12-8-9-12)11(2)17(22)23/h4-7,11-12H,3,8-10H2,1-2H3,(H,22,23). The van der Waals surface area contributed by atoms with Gasteiger partial charge in [0, 0.05) is 12.5 Å². The molecule has 0 bridgehead atoms. The largest absolute Gasteiger partial charge is 0.480 e. The molecule has 1 aromatic carbocycles. The van der Waals surface area contributed by atoms with E-state index in [0.29, 0.717) is 0 Å². The van der Waals surface area contributed by atoms with Gasteiger partial charge in [-0.3, -0.25) is 4.79 Å². The fraction of sp³-hybridized carbons (Fsp3) is 0.471. The van der Waals surface area contributed by atoms with Crippen LogP contribution in [0, 0.1) is 0 Å². The van der Waals surface area contributed by atoms with E-state index in [1.54, 1.807) is 6.92 Å². The molecule has 0 spiro atoms. The van der Waals surface area contributed by atoms with Crippen LogP contribution in [0.1, 0.15) is 32.5 Å². The molecule has 1 N–H and O–H groups in total. The highest BCUT2D eigenvalue weighted by Crippen LogP contribution is 2.29. The smallest absolute Gasteiger partial charge is 0.326 e. The monoisotopic (exact) mass is 315 g/mol. The van der Waals surface area contributed by atoms with Gasteiger partial charge in [0.2, 0.25) is 5.91 Å². The number of carboxylic acid groups (broad SMARTS) is 1. The summed E-state index contributed by atoms with van der Waals surface area (Å²) in [6, 6.07) is 6.97. The Labute approximate surface area is 134 Å². The maximum Gasteiger partial charge on any atom is 0.326 e. The summed E-state index contributed by atoms with van der Waals surface area (Å²) in [7, 11) is 0. The molecular formula is C17H21N3O3. The van der Waals surface area contributed by atoms with Crippen molar-refractivity contribution < 1.29 is 14.7 Å². The molecule has 2 aromatic rings. The van der Waals surface area contributed by atoms with E-state index in [1.165, 1.54) is 4.90 Å². The van der Waals surface area contributed by atoms with Crippen LogP contribution in [0.15, 0.2) is 24.3 Å². The first kappa shape index (κ1) is 15.5. The number of para-hydroxylation sites is 2. The number of aromatic nitrogens is 2. The van der Waals surface area contributed by atoms with Gasteiger partial charge in [0.25, 0.3) is 0 Å². The van der Waals surface area contributed by atoms with Crippen molar-refractivity contribution in [3.8, 4) is 0 Å². The van der Waals surface area contributed by atoms with E-state index in [1.807, 2.05) is 35.8 Å². The number of carbonyl (C=O) groups excluding carboxylic acids is 1. The minimum Gasteiger partial charge on any atom is -0.480 e. The number of amides is 1. The minimum atomic E-state index is -0.962. The summed E-state index contributed by atoms with van der Waals surface area (Å²) >= 11 is 0. The van der Waals surface area contributed by atoms with Crippen molar-refractivity contribution >= 4 is 22.9 Å². The minimum absolute atomic E-state index is 0.0634. The molecule has 1 aromatic heterocycles. The lowest BCUT2D eigenvalue weighted by molar-refractivity contribution is -0.150. The van der Waals surface area contributed by atoms with Gasteiger partial charge in [0.15, 0.2) is 0 Å². The van der Waals surface area contributed by atoms with Crippen LogP contribution >= 0.6 is 0 Å². The quantitative estimate of drug-likeness (QED) is 0.885. The average molecular weight is 315 g/mol. The second-order valence-electron chi connectivity index (χ2n) is 6.00. The van der Waals surface area contributed by atoms with E-state index in [0.717, 1.165) is 36.1 Å². The molecule has 1 amide bonds. The zero-order chi connectivity index (χ0) is 16.6. The van der Waals surface area contributed by atoms with Crippen LogP contribution in [-0.2, 0) is 22.6 Å². The molecule has 1 saturated carbocycles. The topological polar surface area (TPSA) is 75.4 Å². The van der Waals surface area contributed by atoms with Gasteiger partial charge in [-0.25, -0.2) is 9.78 Å². The molecule has 1 heterocycles. The van der Waals surface area contributed by atoms with Crippen LogP contribution in [0.3, 0.4) is 0 Å². The maximum absolute atomic E-state index is 12.8. The third-order valence-electron chi connectivity index (χ3n) is 4.35. The number of fused-ring (bicyclic) bond motifs is 1. The van der Waals surface area contributed by atoms with Gasteiger partial charge in [0.1, 0.15) is 18.4 Å². The van der Waals surface area contributed by atoms with Crippen molar-refractivity contribution in [3.63, 3.8) is 0 Å². The fourth-order valence-electron chi connectivity index (χ4n) is 3.00. The van der Waals surface area contributed by atoms with Gasteiger partial charge in [-0.05, 0) is 31.9 Å². The molecule has 0 aliphatic heterocycles. The summed E-state index contributed by atoms with van der Waals surface area (Å²) in [5, 5.41) is 9.26. The molecule has 1 aliphatic carbocycles. The van der Waals surface area contributed by atoms with Crippen LogP contribution in [-0.4, -0.2) is 43.5 Å². The van der Waals surface area contributed by atoms with E-state index in [9.17, 15) is 14.7 Å². The SMILES string of the molecule is CCc1nc2ccccc2n1CC(=O)N(C1CC1)C(C)C(=O)O. The van der Waals surface area contributed by atoms with E-state index in [4.69, 9.17) is 0 Å². The second-order valence-corrected chi connectivity index (χ2v) is 6.00. The van der Waals surface area contributed by atoms with Crippen LogP contribution < -0.4 is 0 Å². The van der Waals surface area contributed by atoms with E-state index in [2.05, 4.69) is 4.98 Å². The number of aliphatic carboxylic acids is 1. The number of carboxylic acids is 1. The van der Waals surface area contributed by atoms with Crippen LogP contribution in [0.5, 0.6) is 0 Å². The Kier molecular flexibility index (Phi) is 4.07. The first-order valence-electron chi connectivity index (χ1n) is 8.01. The number of carbonyl (C=O) groups is 2. The molecule has 1 unspecified atom stereocenters. The normalized spacial score (nSPS) is 15.6. The highest BCUT2D eigenvalue weighted by Gasteiger charge is 2.38. The molecular weight excluding hydrogens is 294 g/mol. The first-order chi connectivity index (χ1) is 11.0. The third-order valence-corrected chi connectivity index (χ3v) is 4.35. The number of benzene rings is 1. The molecule has 122 valence electrons. The summed E-state index contributed by atoms with van der Waals surface area (Å²) in [5.41, 5.74) is 1.78. The summed E-state index contributed by atoms with van der Waals surface area (Å²) in [4.78, 5) is 30.2. The van der Waals surface area contributed by atoms with Crippen molar-refractivity contribution in [1.29, 1.82) is 0 Å². The van der Waals surface area contributed by atoms with Gasteiger partial charge in [0.05, 0.1) is 11.0 Å². The second kappa shape index (κ2) is 6.02. The lowest BCUT2D eigenvalue weighted by atomic mass is 10.2. The predicted octanol–water partition coefficient (Wildman–Crippen LogP) is 2.06. The Morgan fingerprint density at radius 1 is 1.39 bits per heavy atom. The number of rotatable bonds is 6. The summed E-state index contributed by atoms with van der Waals surface area (Å²) in [5.74, 6) is -0.269. The number of hydrogen-bond acceptors (Lipinski definition) is 3. The number of imidazole rings is 1. The molecule has 3 rings (SSSR count). The van der Waals surface area contributed by atoms with Crippen molar-refractivity contribution in [3.05, 3.63) is 30.1 Å². The Bertz CT molecular complexity index is 749. The molecule has 6 nitrogen and oxygen atoms in total. The highest BCUT2D eigenvalue weighted by atomic mass is 16.4. The molecule has 23 heavy (non-hydrogen) atoms. The molecule has 1 fully saturated rings. The lowest BCUT2D eigenvalue weighted by Gasteiger charge is -2.27. The van der Waals surface area contributed by atoms with Gasteiger partial charge < -0.3 is 14.6 Å². The van der Waals surface area contributed by atoms with Crippen molar-refractivity contribution in [2.45, 2.75) is 51.7 Å². The number of nitrogens with zero attached hydrogens (tertiary/aromatic N) is 3. The van der Waals surface area contributed by atoms with Gasteiger partial charge in [-0.1, -0.05) is 19.1 Å². The Morgan fingerprint density at radius 3 is 2.70 bits per heavy atom. The molecule has 0 saturated heterocycles. The first-order valence-corrected chi connectivity index (χ1v) is 8.01. The van der Waals surface area contributed by atoms with Crippen LogP contribution in [0.2, 0.25) is 0 Å². The number of hydrogen-bond donors (Lipinski definition) is 1. The van der Waals surface area contributed by atoms with Crippen LogP contribution in [0.25, 0.3) is 11.0 Å². The van der Waals surface area contributed by atoms with Gasteiger partial charge in [-0.2, -0.15) is 0 Å². The molecule has 1 aliphatic rings. The van der Waals surface area contributed by atoms with Crippen LogP contribution in [0.4, 0.5) is 0 Å². The van der Waals surface area contributed by atoms with Gasteiger partial charge >= 0.3 is 5.97 Å². The Morgan fingerprint density at radius 2 is 2.09 bits per heavy atom. The maximum atomic E-state index is 12.8. The van der Waals surface area contributed by atoms with Crippen molar-refractivity contribution in [2.75, 3.05) is 0 Å². The van der Waals surface area contributed by atoms with Crippen molar-refractivity contribution in [1.82, 2.24) is 14.5 Å². The van der Waals surface area contributed by atoms with E-state index < -0.39 is 12.0 Å².